The standard InChI is InChI=1S/C18H33F3N4O2S.HI/c1-3-17(9-5-6-10-17)14-24-16(22-4-2)23-13-15-7-11-25(12-8-15)28(26,27)18(19,20)21;/h15H,3-14H2,1-2H3,(H2,22,23,24);1H. The van der Waals surface area contributed by atoms with Gasteiger partial charge in [0, 0.05) is 32.7 Å². The molecule has 6 nitrogen and oxygen atoms in total. The van der Waals surface area contributed by atoms with E-state index in [1.807, 2.05) is 6.92 Å². The summed E-state index contributed by atoms with van der Waals surface area (Å²) in [6.07, 6.45) is 6.85. The van der Waals surface area contributed by atoms with Gasteiger partial charge in [0.15, 0.2) is 5.96 Å². The van der Waals surface area contributed by atoms with Crippen molar-refractivity contribution in [1.82, 2.24) is 14.9 Å². The highest BCUT2D eigenvalue weighted by molar-refractivity contribution is 14.0. The van der Waals surface area contributed by atoms with Crippen LogP contribution in [0.25, 0.3) is 0 Å². The molecule has 0 atom stereocenters. The molecule has 0 aromatic heterocycles. The Hall–Kier alpha value is -0.300. The molecule has 0 amide bonds. The molecule has 1 saturated heterocycles. The zero-order chi connectivity index (χ0) is 20.8. The van der Waals surface area contributed by atoms with Gasteiger partial charge in [-0.05, 0) is 50.4 Å². The van der Waals surface area contributed by atoms with E-state index in [0.29, 0.717) is 29.1 Å². The number of hydrogen-bond acceptors (Lipinski definition) is 3. The van der Waals surface area contributed by atoms with Crippen molar-refractivity contribution in [2.24, 2.45) is 16.3 Å². The fraction of sp³-hybridized carbons (Fsp3) is 0.944. The molecule has 1 aliphatic carbocycles. The van der Waals surface area contributed by atoms with E-state index >= 15 is 0 Å². The van der Waals surface area contributed by atoms with E-state index in [1.165, 1.54) is 25.7 Å². The number of halogens is 4. The molecule has 0 radical (unpaired) electrons. The first-order valence-electron chi connectivity index (χ1n) is 10.2. The van der Waals surface area contributed by atoms with Crippen LogP contribution in [0.15, 0.2) is 4.99 Å². The van der Waals surface area contributed by atoms with E-state index in [9.17, 15) is 21.6 Å². The molecule has 29 heavy (non-hydrogen) atoms. The number of nitrogens with one attached hydrogen (secondary N) is 2. The molecule has 2 rings (SSSR count). The van der Waals surface area contributed by atoms with Crippen molar-refractivity contribution in [2.45, 2.75) is 64.3 Å². The van der Waals surface area contributed by atoms with Crippen molar-refractivity contribution in [3.8, 4) is 0 Å². The van der Waals surface area contributed by atoms with Crippen LogP contribution < -0.4 is 10.6 Å². The van der Waals surface area contributed by atoms with E-state index in [2.05, 4.69) is 17.6 Å². The van der Waals surface area contributed by atoms with E-state index in [0.717, 1.165) is 25.5 Å². The summed E-state index contributed by atoms with van der Waals surface area (Å²) in [7, 11) is -5.21. The van der Waals surface area contributed by atoms with Crippen LogP contribution in [0.4, 0.5) is 13.2 Å². The molecule has 0 aromatic rings. The Kier molecular flexibility index (Phi) is 10.5. The van der Waals surface area contributed by atoms with Crippen molar-refractivity contribution in [1.29, 1.82) is 0 Å². The molecule has 1 heterocycles. The molecule has 0 unspecified atom stereocenters. The molecule has 2 aliphatic rings. The zero-order valence-corrected chi connectivity index (χ0v) is 20.4. The number of nitrogens with zero attached hydrogens (tertiary/aromatic N) is 2. The summed E-state index contributed by atoms with van der Waals surface area (Å²) in [6, 6.07) is 0. The summed E-state index contributed by atoms with van der Waals surface area (Å²) in [5, 5.41) is 6.51. The second kappa shape index (κ2) is 11.4. The lowest BCUT2D eigenvalue weighted by Gasteiger charge is -2.32. The summed E-state index contributed by atoms with van der Waals surface area (Å²) in [5.74, 6) is 0.850. The maximum Gasteiger partial charge on any atom is 0.511 e. The van der Waals surface area contributed by atoms with Crippen molar-refractivity contribution in [3.05, 3.63) is 0 Å². The van der Waals surface area contributed by atoms with Crippen LogP contribution in [0.1, 0.15) is 58.8 Å². The van der Waals surface area contributed by atoms with Gasteiger partial charge in [-0.2, -0.15) is 17.5 Å². The van der Waals surface area contributed by atoms with Gasteiger partial charge in [-0.3, -0.25) is 4.99 Å². The molecule has 0 aromatic carbocycles. The number of piperidine rings is 1. The van der Waals surface area contributed by atoms with Gasteiger partial charge in [0.25, 0.3) is 0 Å². The maximum atomic E-state index is 12.7. The Morgan fingerprint density at radius 3 is 2.21 bits per heavy atom. The van der Waals surface area contributed by atoms with Crippen LogP contribution in [0, 0.1) is 11.3 Å². The average molecular weight is 554 g/mol. The second-order valence-electron chi connectivity index (χ2n) is 7.93. The van der Waals surface area contributed by atoms with Crippen LogP contribution >= 0.6 is 24.0 Å². The van der Waals surface area contributed by atoms with E-state index in [4.69, 9.17) is 4.99 Å². The van der Waals surface area contributed by atoms with Crippen LogP contribution in [0.2, 0.25) is 0 Å². The highest BCUT2D eigenvalue weighted by atomic mass is 127. The zero-order valence-electron chi connectivity index (χ0n) is 17.2. The molecule has 0 bridgehead atoms. The largest absolute Gasteiger partial charge is 0.511 e. The van der Waals surface area contributed by atoms with Crippen LogP contribution in [-0.4, -0.2) is 56.9 Å². The van der Waals surface area contributed by atoms with Gasteiger partial charge in [0.2, 0.25) is 0 Å². The highest BCUT2D eigenvalue weighted by Crippen LogP contribution is 2.41. The van der Waals surface area contributed by atoms with Gasteiger partial charge < -0.3 is 10.6 Å². The number of hydrogen-bond donors (Lipinski definition) is 2. The Morgan fingerprint density at radius 1 is 1.14 bits per heavy atom. The Labute approximate surface area is 189 Å². The van der Waals surface area contributed by atoms with Gasteiger partial charge >= 0.3 is 15.5 Å². The van der Waals surface area contributed by atoms with E-state index in [-0.39, 0.29) is 43.0 Å². The first kappa shape index (κ1) is 26.7. The molecular weight excluding hydrogens is 520 g/mol. The van der Waals surface area contributed by atoms with Gasteiger partial charge in [-0.25, -0.2) is 8.42 Å². The first-order valence-corrected chi connectivity index (χ1v) is 11.7. The summed E-state index contributed by atoms with van der Waals surface area (Å²) in [5.41, 5.74) is -4.93. The average Bonchev–Trinajstić information content (AvgIpc) is 3.13. The van der Waals surface area contributed by atoms with Gasteiger partial charge in [-0.1, -0.05) is 19.8 Å². The molecule has 2 fully saturated rings. The summed E-state index contributed by atoms with van der Waals surface area (Å²) < 4.78 is 61.5. The topological polar surface area (TPSA) is 73.8 Å². The van der Waals surface area contributed by atoms with E-state index < -0.39 is 15.5 Å². The molecule has 172 valence electrons. The number of guanidine groups is 1. The molecule has 1 saturated carbocycles. The molecule has 2 N–H and O–H groups in total. The fourth-order valence-electron chi connectivity index (χ4n) is 4.08. The number of rotatable bonds is 7. The smallest absolute Gasteiger partial charge is 0.357 e. The predicted molar refractivity (Wildman–Crippen MR) is 120 cm³/mol. The first-order chi connectivity index (χ1) is 13.1. The van der Waals surface area contributed by atoms with Crippen LogP contribution in [-0.2, 0) is 10.0 Å². The Morgan fingerprint density at radius 2 is 1.72 bits per heavy atom. The highest BCUT2D eigenvalue weighted by Gasteiger charge is 2.50. The maximum absolute atomic E-state index is 12.7. The van der Waals surface area contributed by atoms with Crippen molar-refractivity contribution < 1.29 is 21.6 Å². The number of aliphatic imine (C=N–C) groups is 1. The lowest BCUT2D eigenvalue weighted by Crippen LogP contribution is -2.47. The van der Waals surface area contributed by atoms with Crippen molar-refractivity contribution in [3.63, 3.8) is 0 Å². The Balaban J connectivity index is 0.00000420. The third-order valence-electron chi connectivity index (χ3n) is 6.10. The van der Waals surface area contributed by atoms with Crippen LogP contribution in [0.5, 0.6) is 0 Å². The minimum Gasteiger partial charge on any atom is -0.357 e. The number of sulfonamides is 1. The number of alkyl halides is 3. The van der Waals surface area contributed by atoms with Gasteiger partial charge in [0.1, 0.15) is 0 Å². The summed E-state index contributed by atoms with van der Waals surface area (Å²) in [4.78, 5) is 4.75. The minimum atomic E-state index is -5.22. The summed E-state index contributed by atoms with van der Waals surface area (Å²) in [6.45, 7) is 6.09. The normalized spacial score (nSPS) is 21.6. The molecule has 11 heteroatoms. The lowest BCUT2D eigenvalue weighted by atomic mass is 9.84. The van der Waals surface area contributed by atoms with E-state index in [1.54, 1.807) is 0 Å². The predicted octanol–water partition coefficient (Wildman–Crippen LogP) is 3.69. The second-order valence-corrected chi connectivity index (χ2v) is 9.86. The fourth-order valence-corrected chi connectivity index (χ4v) is 5.06. The third-order valence-corrected chi connectivity index (χ3v) is 7.73. The quantitative estimate of drug-likeness (QED) is 0.286. The SMILES string of the molecule is CCNC(=NCC1(CC)CCCC1)NCC1CCN(S(=O)(=O)C(F)(F)F)CC1.I. The molecule has 0 spiro atoms. The van der Waals surface area contributed by atoms with Gasteiger partial charge in [0.05, 0.1) is 0 Å². The van der Waals surface area contributed by atoms with Gasteiger partial charge in [-0.15, -0.1) is 24.0 Å². The third kappa shape index (κ3) is 7.12. The molecule has 1 aliphatic heterocycles. The van der Waals surface area contributed by atoms with Crippen molar-refractivity contribution >= 4 is 40.0 Å². The molecular formula is C18H34F3IN4O2S. The Bertz CT molecular complexity index is 630. The minimum absolute atomic E-state index is 0. The van der Waals surface area contributed by atoms with Crippen molar-refractivity contribution in [2.75, 3.05) is 32.7 Å². The lowest BCUT2D eigenvalue weighted by molar-refractivity contribution is -0.0496. The van der Waals surface area contributed by atoms with Crippen LogP contribution in [0.3, 0.4) is 0 Å². The summed E-state index contributed by atoms with van der Waals surface area (Å²) >= 11 is 0. The monoisotopic (exact) mass is 554 g/mol.